The molecule has 1 aliphatic rings. The summed E-state index contributed by atoms with van der Waals surface area (Å²) in [7, 11) is 1.70. The molecule has 3 aromatic rings. The normalized spacial score (nSPS) is 14.5. The first-order valence-corrected chi connectivity index (χ1v) is 11.6. The van der Waals surface area contributed by atoms with Gasteiger partial charge in [-0.15, -0.1) is 0 Å². The molecule has 2 aromatic carbocycles. The zero-order valence-corrected chi connectivity index (χ0v) is 19.4. The van der Waals surface area contributed by atoms with Crippen molar-refractivity contribution >= 4 is 17.5 Å². The van der Waals surface area contributed by atoms with Gasteiger partial charge in [-0.1, -0.05) is 24.3 Å². The highest BCUT2D eigenvalue weighted by molar-refractivity contribution is 5.97. The van der Waals surface area contributed by atoms with Gasteiger partial charge in [0, 0.05) is 67.8 Å². The topological polar surface area (TPSA) is 88.5 Å². The van der Waals surface area contributed by atoms with E-state index in [4.69, 9.17) is 4.74 Å². The number of carbonyl (C=O) groups is 2. The number of aryl methyl sites for hydroxylation is 1. The van der Waals surface area contributed by atoms with Gasteiger partial charge in [-0.3, -0.25) is 14.5 Å². The quantitative estimate of drug-likeness (QED) is 0.510. The molecule has 2 amide bonds. The first-order chi connectivity index (χ1) is 16.6. The zero-order chi connectivity index (χ0) is 23.8. The molecular formula is C26H31N5O3. The monoisotopic (exact) mass is 461 g/mol. The third-order valence-electron chi connectivity index (χ3n) is 6.07. The SMILES string of the molecule is COc1ccccc1CN1CCC(NC(=O)c2cccc(NC(=O)CCn3ccnc3)c2)CC1. The molecule has 34 heavy (non-hydrogen) atoms. The number of para-hydroxylation sites is 1. The van der Waals surface area contributed by atoms with E-state index in [1.165, 1.54) is 5.56 Å². The highest BCUT2D eigenvalue weighted by atomic mass is 16.5. The standard InChI is InChI=1S/C26H31N5O3/c1-34-24-8-3-2-5-21(24)18-30-13-9-22(10-14-30)29-26(33)20-6-4-7-23(17-20)28-25(32)11-15-31-16-12-27-19-31/h2-8,12,16-17,19,22H,9-11,13-15,18H2,1H3,(H,28,32)(H,29,33). The molecule has 8 heteroatoms. The van der Waals surface area contributed by atoms with E-state index in [1.807, 2.05) is 29.0 Å². The average Bonchev–Trinajstić information content (AvgIpc) is 3.38. The second-order valence-corrected chi connectivity index (χ2v) is 8.52. The van der Waals surface area contributed by atoms with E-state index < -0.39 is 0 Å². The van der Waals surface area contributed by atoms with Crippen molar-refractivity contribution in [2.75, 3.05) is 25.5 Å². The van der Waals surface area contributed by atoms with E-state index in [-0.39, 0.29) is 17.9 Å². The first kappa shape index (κ1) is 23.5. The summed E-state index contributed by atoms with van der Waals surface area (Å²) in [5.41, 5.74) is 2.34. The van der Waals surface area contributed by atoms with Crippen molar-refractivity contribution in [1.29, 1.82) is 0 Å². The summed E-state index contributed by atoms with van der Waals surface area (Å²) in [5, 5.41) is 6.03. The molecule has 0 spiro atoms. The van der Waals surface area contributed by atoms with Crippen LogP contribution in [-0.4, -0.2) is 52.5 Å². The maximum atomic E-state index is 12.8. The number of hydrogen-bond donors (Lipinski definition) is 2. The number of ether oxygens (including phenoxy) is 1. The van der Waals surface area contributed by atoms with Gasteiger partial charge in [-0.05, 0) is 37.1 Å². The number of piperidine rings is 1. The molecule has 8 nitrogen and oxygen atoms in total. The number of benzene rings is 2. The Morgan fingerprint density at radius 3 is 2.71 bits per heavy atom. The van der Waals surface area contributed by atoms with Crippen LogP contribution in [0.1, 0.15) is 35.2 Å². The molecule has 1 aromatic heterocycles. The summed E-state index contributed by atoms with van der Waals surface area (Å²) in [6, 6.07) is 15.3. The fourth-order valence-electron chi connectivity index (χ4n) is 4.19. The summed E-state index contributed by atoms with van der Waals surface area (Å²) >= 11 is 0. The number of nitrogens with zero attached hydrogens (tertiary/aromatic N) is 3. The van der Waals surface area contributed by atoms with E-state index in [9.17, 15) is 9.59 Å². The summed E-state index contributed by atoms with van der Waals surface area (Å²) in [6.45, 7) is 3.22. The molecule has 178 valence electrons. The predicted molar refractivity (Wildman–Crippen MR) is 131 cm³/mol. The summed E-state index contributed by atoms with van der Waals surface area (Å²) in [4.78, 5) is 31.4. The highest BCUT2D eigenvalue weighted by Crippen LogP contribution is 2.22. The second-order valence-electron chi connectivity index (χ2n) is 8.52. The van der Waals surface area contributed by atoms with E-state index in [0.29, 0.717) is 24.2 Å². The minimum atomic E-state index is -0.113. The van der Waals surface area contributed by atoms with Gasteiger partial charge >= 0.3 is 0 Å². The fraction of sp³-hybridized carbons (Fsp3) is 0.346. The Hall–Kier alpha value is -3.65. The molecule has 0 bridgehead atoms. The van der Waals surface area contributed by atoms with Crippen molar-refractivity contribution in [2.45, 2.75) is 38.4 Å². The van der Waals surface area contributed by atoms with Crippen molar-refractivity contribution in [3.05, 3.63) is 78.4 Å². The minimum Gasteiger partial charge on any atom is -0.496 e. The van der Waals surface area contributed by atoms with Crippen LogP contribution in [0.3, 0.4) is 0 Å². The average molecular weight is 462 g/mol. The molecule has 0 aliphatic carbocycles. The number of nitrogens with one attached hydrogen (secondary N) is 2. The third kappa shape index (κ3) is 6.45. The van der Waals surface area contributed by atoms with Gasteiger partial charge < -0.3 is 19.9 Å². The maximum absolute atomic E-state index is 12.8. The van der Waals surface area contributed by atoms with Crippen molar-refractivity contribution < 1.29 is 14.3 Å². The third-order valence-corrected chi connectivity index (χ3v) is 6.07. The lowest BCUT2D eigenvalue weighted by Gasteiger charge is -2.32. The number of rotatable bonds is 9. The Morgan fingerprint density at radius 2 is 1.94 bits per heavy atom. The molecule has 0 saturated carbocycles. The van der Waals surface area contributed by atoms with Gasteiger partial charge in [-0.2, -0.15) is 0 Å². The fourth-order valence-corrected chi connectivity index (χ4v) is 4.19. The van der Waals surface area contributed by atoms with Gasteiger partial charge in [0.15, 0.2) is 0 Å². The van der Waals surface area contributed by atoms with Crippen molar-refractivity contribution in [3.63, 3.8) is 0 Å². The zero-order valence-electron chi connectivity index (χ0n) is 19.4. The molecule has 1 saturated heterocycles. The molecule has 1 aliphatic heterocycles. The van der Waals surface area contributed by atoms with Crippen LogP contribution in [0.4, 0.5) is 5.69 Å². The minimum absolute atomic E-state index is 0.103. The van der Waals surface area contributed by atoms with Crippen LogP contribution in [0, 0.1) is 0 Å². The van der Waals surface area contributed by atoms with E-state index in [1.54, 1.807) is 43.9 Å². The molecule has 1 fully saturated rings. The lowest BCUT2D eigenvalue weighted by Crippen LogP contribution is -2.44. The van der Waals surface area contributed by atoms with Crippen molar-refractivity contribution in [2.24, 2.45) is 0 Å². The van der Waals surface area contributed by atoms with Crippen LogP contribution in [-0.2, 0) is 17.9 Å². The van der Waals surface area contributed by atoms with Crippen LogP contribution >= 0.6 is 0 Å². The van der Waals surface area contributed by atoms with Gasteiger partial charge in [-0.25, -0.2) is 4.98 Å². The number of aromatic nitrogens is 2. The van der Waals surface area contributed by atoms with Gasteiger partial charge in [0.05, 0.1) is 13.4 Å². The van der Waals surface area contributed by atoms with Crippen LogP contribution in [0.25, 0.3) is 0 Å². The Kier molecular flexibility index (Phi) is 7.93. The molecule has 0 atom stereocenters. The molecule has 4 rings (SSSR count). The summed E-state index contributed by atoms with van der Waals surface area (Å²) < 4.78 is 7.31. The number of carbonyl (C=O) groups excluding carboxylic acids is 2. The lowest BCUT2D eigenvalue weighted by atomic mass is 10.0. The summed E-state index contributed by atoms with van der Waals surface area (Å²) in [5.74, 6) is 0.693. The Balaban J connectivity index is 1.24. The predicted octanol–water partition coefficient (Wildman–Crippen LogP) is 3.31. The number of methoxy groups -OCH3 is 1. The Bertz CT molecular complexity index is 1090. The molecular weight excluding hydrogens is 430 g/mol. The largest absolute Gasteiger partial charge is 0.496 e. The Labute approximate surface area is 199 Å². The molecule has 0 radical (unpaired) electrons. The maximum Gasteiger partial charge on any atom is 0.251 e. The van der Waals surface area contributed by atoms with Crippen molar-refractivity contribution in [3.8, 4) is 5.75 Å². The first-order valence-electron chi connectivity index (χ1n) is 11.6. The molecule has 2 heterocycles. The van der Waals surface area contributed by atoms with E-state index in [0.717, 1.165) is 38.2 Å². The van der Waals surface area contributed by atoms with Gasteiger partial charge in [0.1, 0.15) is 5.75 Å². The summed E-state index contributed by atoms with van der Waals surface area (Å²) in [6.07, 6.45) is 7.31. The van der Waals surface area contributed by atoms with E-state index in [2.05, 4.69) is 26.6 Å². The number of amides is 2. The number of imidazole rings is 1. The number of hydrogen-bond acceptors (Lipinski definition) is 5. The van der Waals surface area contributed by atoms with Crippen LogP contribution in [0.15, 0.2) is 67.3 Å². The lowest BCUT2D eigenvalue weighted by molar-refractivity contribution is -0.116. The second kappa shape index (κ2) is 11.5. The van der Waals surface area contributed by atoms with Crippen molar-refractivity contribution in [1.82, 2.24) is 19.8 Å². The smallest absolute Gasteiger partial charge is 0.251 e. The highest BCUT2D eigenvalue weighted by Gasteiger charge is 2.22. The van der Waals surface area contributed by atoms with E-state index >= 15 is 0 Å². The van der Waals surface area contributed by atoms with Gasteiger partial charge in [0.2, 0.25) is 5.91 Å². The van der Waals surface area contributed by atoms with Gasteiger partial charge in [0.25, 0.3) is 5.91 Å². The van der Waals surface area contributed by atoms with Crippen LogP contribution in [0.2, 0.25) is 0 Å². The number of anilines is 1. The molecule has 0 unspecified atom stereocenters. The van der Waals surface area contributed by atoms with Crippen LogP contribution < -0.4 is 15.4 Å². The van der Waals surface area contributed by atoms with Crippen LogP contribution in [0.5, 0.6) is 5.75 Å². The molecule has 2 N–H and O–H groups in total. The number of likely N-dealkylation sites (tertiary alicyclic amines) is 1. The Morgan fingerprint density at radius 1 is 1.12 bits per heavy atom.